The number of hydrogen-bond acceptors (Lipinski definition) is 2. The summed E-state index contributed by atoms with van der Waals surface area (Å²) in [5.74, 6) is 0. The zero-order valence-corrected chi connectivity index (χ0v) is 12.0. The van der Waals surface area contributed by atoms with Crippen LogP contribution in [0.25, 0.3) is 0 Å². The van der Waals surface area contributed by atoms with Crippen LogP contribution < -0.4 is 0 Å². The molecule has 0 aliphatic carbocycles. The maximum absolute atomic E-state index is 10.2. The van der Waals surface area contributed by atoms with Crippen LogP contribution >= 0.6 is 7.82 Å². The van der Waals surface area contributed by atoms with Crippen LogP contribution in [0.2, 0.25) is 0 Å². The zero-order valence-electron chi connectivity index (χ0n) is 7.90. The first-order valence-corrected chi connectivity index (χ1v) is 5.79. The summed E-state index contributed by atoms with van der Waals surface area (Å²) < 4.78 is 14.5. The van der Waals surface area contributed by atoms with E-state index in [0.29, 0.717) is 0 Å². The van der Waals surface area contributed by atoms with Crippen molar-refractivity contribution in [3.63, 3.8) is 0 Å². The summed E-state index contributed by atoms with van der Waals surface area (Å²) in [5.41, 5.74) is 0. The largest absolute Gasteiger partial charge is 0.469 e. The normalized spacial score (nSPS) is 11.0. The average Bonchev–Trinajstić information content (AvgIpc) is 1.94. The van der Waals surface area contributed by atoms with E-state index in [0.717, 1.165) is 19.3 Å². The van der Waals surface area contributed by atoms with Gasteiger partial charge in [0.05, 0.1) is 6.61 Å². The van der Waals surface area contributed by atoms with Crippen molar-refractivity contribution in [1.29, 1.82) is 0 Å². The van der Waals surface area contributed by atoms with E-state index in [2.05, 4.69) is 11.4 Å². The molecule has 0 saturated heterocycles. The molecule has 0 atom stereocenters. The van der Waals surface area contributed by atoms with E-state index < -0.39 is 7.82 Å². The zero-order chi connectivity index (χ0) is 9.45. The van der Waals surface area contributed by atoms with Gasteiger partial charge in [0.1, 0.15) is 0 Å². The summed E-state index contributed by atoms with van der Waals surface area (Å²) in [6.45, 7) is 2.28. The summed E-state index contributed by atoms with van der Waals surface area (Å²) >= 11 is 0. The molecule has 0 aliphatic rings. The Morgan fingerprint density at radius 2 is 1.69 bits per heavy atom. The predicted octanol–water partition coefficient (Wildman–Crippen LogP) is 2.07. The molecule has 0 bridgehead atoms. The van der Waals surface area contributed by atoms with Crippen molar-refractivity contribution in [3.8, 4) is 0 Å². The van der Waals surface area contributed by atoms with Crippen LogP contribution in [0.3, 0.4) is 0 Å². The van der Waals surface area contributed by atoms with Crippen LogP contribution in [-0.2, 0) is 9.09 Å². The van der Waals surface area contributed by atoms with Gasteiger partial charge < -0.3 is 9.79 Å². The molecule has 0 fully saturated rings. The van der Waals surface area contributed by atoms with Gasteiger partial charge in [-0.05, 0) is 6.42 Å². The molecule has 0 spiro atoms. The van der Waals surface area contributed by atoms with Crippen LogP contribution in [-0.4, -0.2) is 16.4 Å². The minimum atomic E-state index is -4.22. The Balaban J connectivity index is 0. The number of phosphoric acid groups is 1. The van der Waals surface area contributed by atoms with E-state index in [1.54, 1.807) is 0 Å². The maximum Gasteiger partial charge on any atom is 0.469 e. The van der Waals surface area contributed by atoms with Gasteiger partial charge in [-0.3, -0.25) is 4.52 Å². The summed E-state index contributed by atoms with van der Waals surface area (Å²) in [4.78, 5) is 16.6. The van der Waals surface area contributed by atoms with Gasteiger partial charge in [0.2, 0.25) is 0 Å². The van der Waals surface area contributed by atoms with E-state index in [-0.39, 0.29) is 47.4 Å². The van der Waals surface area contributed by atoms with E-state index >= 15 is 0 Å². The fourth-order valence-corrected chi connectivity index (χ4v) is 1.26. The van der Waals surface area contributed by atoms with Crippen molar-refractivity contribution in [2.75, 3.05) is 6.61 Å². The van der Waals surface area contributed by atoms with Crippen LogP contribution in [0.1, 0.15) is 39.0 Å². The van der Waals surface area contributed by atoms with Gasteiger partial charge >= 0.3 is 7.82 Å². The molecule has 0 aromatic rings. The monoisotopic (exact) mass is 338 g/mol. The first-order chi connectivity index (χ1) is 5.56. The molecular weight excluding hydrogens is 323 g/mol. The predicted molar refractivity (Wildman–Crippen MR) is 46.8 cm³/mol. The molecule has 0 aliphatic heterocycles. The molecule has 6 heteroatoms. The second-order valence-corrected chi connectivity index (χ2v) is 3.98. The molecule has 4 nitrogen and oxygen atoms in total. The molecule has 0 rings (SSSR count). The Morgan fingerprint density at radius 3 is 2.15 bits per heavy atom. The third-order valence-electron chi connectivity index (χ3n) is 1.51. The first-order valence-electron chi connectivity index (χ1n) is 4.26. The Hall–Kier alpha value is 1.46. The van der Waals surface area contributed by atoms with Crippen molar-refractivity contribution in [2.24, 2.45) is 0 Å². The van der Waals surface area contributed by atoms with Gasteiger partial charge in [0.15, 0.2) is 0 Å². The number of hydrogen-bond donors (Lipinski definition) is 2. The Labute approximate surface area is 112 Å². The summed E-state index contributed by atoms with van der Waals surface area (Å²) in [7, 11) is -4.22. The van der Waals surface area contributed by atoms with Crippen molar-refractivity contribution in [3.05, 3.63) is 0 Å². The summed E-state index contributed by atoms with van der Waals surface area (Å²) in [5, 5.41) is 0. The SMILES string of the molecule is CCCCCCCOP(=O)(O)O.[Nd]. The van der Waals surface area contributed by atoms with Crippen LogP contribution in [0.15, 0.2) is 0 Å². The smallest absolute Gasteiger partial charge is 0.303 e. The van der Waals surface area contributed by atoms with Crippen molar-refractivity contribution < 1.29 is 59.7 Å². The van der Waals surface area contributed by atoms with Crippen molar-refractivity contribution in [2.45, 2.75) is 39.0 Å². The average molecular weight is 340 g/mol. The standard InChI is InChI=1S/C7H17O4P.Nd/c1-2-3-4-5-6-7-11-12(8,9)10;/h2-7H2,1H3,(H2,8,9,10);. The van der Waals surface area contributed by atoms with Gasteiger partial charge in [-0.1, -0.05) is 32.6 Å². The maximum atomic E-state index is 10.2. The quantitative estimate of drug-likeness (QED) is 0.550. The van der Waals surface area contributed by atoms with Gasteiger partial charge in [0, 0.05) is 40.8 Å². The van der Waals surface area contributed by atoms with Gasteiger partial charge in [-0.15, -0.1) is 0 Å². The van der Waals surface area contributed by atoms with Crippen LogP contribution in [0.5, 0.6) is 0 Å². The van der Waals surface area contributed by atoms with Gasteiger partial charge in [-0.2, -0.15) is 0 Å². The fraction of sp³-hybridized carbons (Fsp3) is 1.00. The molecule has 0 amide bonds. The second kappa shape index (κ2) is 9.99. The Kier molecular flexibility index (Phi) is 13.0. The molecule has 0 aromatic carbocycles. The molecule has 0 heterocycles. The molecule has 0 saturated carbocycles. The van der Waals surface area contributed by atoms with E-state index in [1.807, 2.05) is 0 Å². The van der Waals surface area contributed by atoms with E-state index in [9.17, 15) is 4.57 Å². The van der Waals surface area contributed by atoms with Crippen molar-refractivity contribution in [1.82, 2.24) is 0 Å². The third-order valence-corrected chi connectivity index (χ3v) is 2.03. The molecule has 0 aromatic heterocycles. The molecule has 78 valence electrons. The van der Waals surface area contributed by atoms with Gasteiger partial charge in [0.25, 0.3) is 0 Å². The van der Waals surface area contributed by atoms with Gasteiger partial charge in [-0.25, -0.2) is 4.57 Å². The van der Waals surface area contributed by atoms with E-state index in [4.69, 9.17) is 9.79 Å². The fourth-order valence-electron chi connectivity index (χ4n) is 0.889. The molecule has 0 unspecified atom stereocenters. The third kappa shape index (κ3) is 16.2. The van der Waals surface area contributed by atoms with Crippen LogP contribution in [0.4, 0.5) is 0 Å². The molecular formula is C7H17NdO4P. The molecule has 13 heavy (non-hydrogen) atoms. The first kappa shape index (κ1) is 16.9. The van der Waals surface area contributed by atoms with Crippen molar-refractivity contribution >= 4 is 7.82 Å². The molecule has 0 radical (unpaired) electrons. The minimum absolute atomic E-state index is 0. The van der Waals surface area contributed by atoms with E-state index in [1.165, 1.54) is 12.8 Å². The summed E-state index contributed by atoms with van der Waals surface area (Å²) in [6.07, 6.45) is 5.16. The number of phosphoric ester groups is 1. The second-order valence-electron chi connectivity index (χ2n) is 2.74. The summed E-state index contributed by atoms with van der Waals surface area (Å²) in [6, 6.07) is 0. The number of unbranched alkanes of at least 4 members (excludes halogenated alkanes) is 4. The Bertz CT molecular complexity index is 147. The number of rotatable bonds is 7. The van der Waals surface area contributed by atoms with Crippen LogP contribution in [0, 0.1) is 40.8 Å². The topological polar surface area (TPSA) is 66.8 Å². The Morgan fingerprint density at radius 1 is 1.15 bits per heavy atom. The minimum Gasteiger partial charge on any atom is -0.303 e. The molecule has 2 N–H and O–H groups in total.